The van der Waals surface area contributed by atoms with Gasteiger partial charge in [0, 0.05) is 19.4 Å². The third-order valence-electron chi connectivity index (χ3n) is 7.57. The van der Waals surface area contributed by atoms with Gasteiger partial charge in [0.1, 0.15) is 6.10 Å². The highest BCUT2D eigenvalue weighted by atomic mass is 16.5. The molecule has 1 aliphatic rings. The minimum Gasteiger partial charge on any atom is -0.458 e. The van der Waals surface area contributed by atoms with E-state index in [2.05, 4.69) is 47.1 Å². The number of nitrogens with one attached hydrogen (secondary N) is 1. The topological polar surface area (TPSA) is 55.4 Å². The number of hydrogen-bond acceptors (Lipinski definition) is 3. The fourth-order valence-electron chi connectivity index (χ4n) is 5.30. The molecule has 0 aromatic carbocycles. The lowest BCUT2D eigenvalue weighted by molar-refractivity contribution is -0.883. The smallest absolute Gasteiger partial charge is 0.362 e. The summed E-state index contributed by atoms with van der Waals surface area (Å²) >= 11 is 0. The van der Waals surface area contributed by atoms with Crippen LogP contribution in [0.4, 0.5) is 0 Å². The van der Waals surface area contributed by atoms with Gasteiger partial charge in [0.15, 0.2) is 6.54 Å². The number of carbonyl (C=O) groups excluding carboxylic acids is 2. The molecular weight excluding hydrogens is 424 g/mol. The molecule has 0 saturated heterocycles. The first-order valence-electron chi connectivity index (χ1n) is 14.4. The third-order valence-corrected chi connectivity index (χ3v) is 7.57. The van der Waals surface area contributed by atoms with E-state index in [1.165, 1.54) is 51.4 Å². The summed E-state index contributed by atoms with van der Waals surface area (Å²) in [7, 11) is 4.16. The summed E-state index contributed by atoms with van der Waals surface area (Å²) in [6.45, 7) is 10.9. The summed E-state index contributed by atoms with van der Waals surface area (Å²) in [5, 5.41) is 3.06. The highest BCUT2D eigenvalue weighted by Gasteiger charge is 2.34. The molecule has 1 N–H and O–H groups in total. The number of carbonyl (C=O) groups is 2. The van der Waals surface area contributed by atoms with Crippen molar-refractivity contribution in [1.29, 1.82) is 0 Å². The van der Waals surface area contributed by atoms with Gasteiger partial charge in [0.05, 0.1) is 20.6 Å². The number of nitrogens with zero attached hydrogens (tertiary/aromatic N) is 1. The van der Waals surface area contributed by atoms with Crippen LogP contribution in [0.2, 0.25) is 0 Å². The van der Waals surface area contributed by atoms with Crippen LogP contribution < -0.4 is 5.32 Å². The lowest BCUT2D eigenvalue weighted by atomic mass is 9.75. The van der Waals surface area contributed by atoms with E-state index in [9.17, 15) is 9.59 Å². The van der Waals surface area contributed by atoms with Crippen LogP contribution in [0.25, 0.3) is 0 Å². The second-order valence-corrected chi connectivity index (χ2v) is 12.0. The van der Waals surface area contributed by atoms with E-state index < -0.39 is 0 Å². The van der Waals surface area contributed by atoms with Gasteiger partial charge in [-0.1, -0.05) is 85.5 Å². The predicted octanol–water partition coefficient (Wildman–Crippen LogP) is 6.49. The first-order chi connectivity index (χ1) is 16.1. The molecule has 5 heteroatoms. The van der Waals surface area contributed by atoms with Crippen molar-refractivity contribution in [3.8, 4) is 0 Å². The van der Waals surface area contributed by atoms with Gasteiger partial charge in [-0.05, 0) is 37.0 Å². The van der Waals surface area contributed by atoms with Gasteiger partial charge in [0.2, 0.25) is 5.91 Å². The fourth-order valence-corrected chi connectivity index (χ4v) is 5.30. The highest BCUT2D eigenvalue weighted by molar-refractivity contribution is 5.75. The van der Waals surface area contributed by atoms with Crippen molar-refractivity contribution in [2.75, 3.05) is 33.7 Å². The number of ether oxygens (including phenoxy) is 1. The van der Waals surface area contributed by atoms with Crippen molar-refractivity contribution in [3.63, 3.8) is 0 Å². The summed E-state index contributed by atoms with van der Waals surface area (Å²) in [4.78, 5) is 24.8. The summed E-state index contributed by atoms with van der Waals surface area (Å²) < 4.78 is 6.59. The number of unbranched alkanes of at least 4 members (excludes halogenated alkanes) is 8. The Balaban J connectivity index is 2.14. The van der Waals surface area contributed by atoms with Crippen LogP contribution in [0.1, 0.15) is 118 Å². The van der Waals surface area contributed by atoms with Crippen molar-refractivity contribution < 1.29 is 18.8 Å². The average Bonchev–Trinajstić information content (AvgIpc) is 2.75. The maximum absolute atomic E-state index is 12.7. The van der Waals surface area contributed by atoms with Crippen molar-refractivity contribution in [1.82, 2.24) is 5.32 Å². The number of quaternary nitrogens is 1. The third kappa shape index (κ3) is 14.3. The molecular formula is C29H57N2O3+. The lowest BCUT2D eigenvalue weighted by Crippen LogP contribution is -2.47. The molecule has 0 aliphatic heterocycles. The van der Waals surface area contributed by atoms with Crippen LogP contribution in [-0.4, -0.2) is 56.2 Å². The van der Waals surface area contributed by atoms with Gasteiger partial charge < -0.3 is 14.5 Å². The van der Waals surface area contributed by atoms with Gasteiger partial charge >= 0.3 is 5.97 Å². The molecule has 5 nitrogen and oxygen atoms in total. The molecule has 0 aromatic heterocycles. The second kappa shape index (κ2) is 17.3. The second-order valence-electron chi connectivity index (χ2n) is 12.0. The van der Waals surface area contributed by atoms with Crippen LogP contribution >= 0.6 is 0 Å². The fraction of sp³-hybridized carbons (Fsp3) is 0.931. The van der Waals surface area contributed by atoms with E-state index in [0.717, 1.165) is 38.6 Å². The molecule has 3 atom stereocenters. The molecule has 1 fully saturated rings. The van der Waals surface area contributed by atoms with E-state index in [1.54, 1.807) is 0 Å². The molecule has 0 aromatic rings. The van der Waals surface area contributed by atoms with Crippen LogP contribution in [0.3, 0.4) is 0 Å². The Bertz CT molecular complexity index is 562. The quantitative estimate of drug-likeness (QED) is 0.138. The average molecular weight is 482 g/mol. The Kier molecular flexibility index (Phi) is 15.8. The van der Waals surface area contributed by atoms with Crippen molar-refractivity contribution >= 4 is 11.9 Å². The largest absolute Gasteiger partial charge is 0.458 e. The molecule has 1 amide bonds. The highest BCUT2D eigenvalue weighted by Crippen LogP contribution is 2.35. The Morgan fingerprint density at radius 2 is 1.56 bits per heavy atom. The van der Waals surface area contributed by atoms with E-state index in [1.807, 2.05) is 0 Å². The first-order valence-corrected chi connectivity index (χ1v) is 14.4. The Morgan fingerprint density at radius 3 is 2.18 bits per heavy atom. The van der Waals surface area contributed by atoms with Crippen molar-refractivity contribution in [3.05, 3.63) is 0 Å². The van der Waals surface area contributed by atoms with Gasteiger partial charge in [-0.25, -0.2) is 4.79 Å². The molecule has 0 heterocycles. The van der Waals surface area contributed by atoms with Crippen molar-refractivity contribution in [2.45, 2.75) is 124 Å². The SMILES string of the molecule is CCCCCCCCCCCC(=O)NCCC[N+](C)(C)CC(=O)OC1CC(C)CCC1C(C)C. The lowest BCUT2D eigenvalue weighted by Gasteiger charge is -2.37. The van der Waals surface area contributed by atoms with Gasteiger partial charge in [-0.3, -0.25) is 4.79 Å². The van der Waals surface area contributed by atoms with Crippen LogP contribution in [0.5, 0.6) is 0 Å². The molecule has 34 heavy (non-hydrogen) atoms. The molecule has 0 radical (unpaired) electrons. The monoisotopic (exact) mass is 481 g/mol. The molecule has 0 bridgehead atoms. The Hall–Kier alpha value is -1.10. The zero-order valence-corrected chi connectivity index (χ0v) is 23.5. The standard InChI is InChI=1S/C29H56N2O3/c1-7-8-9-10-11-12-13-14-15-17-28(32)30-20-16-21-31(5,6)23-29(33)34-27-22-25(4)18-19-26(27)24(2)3/h24-27H,7-23H2,1-6H3/p+1. The zero-order valence-electron chi connectivity index (χ0n) is 23.5. The van der Waals surface area contributed by atoms with E-state index in [-0.39, 0.29) is 18.0 Å². The maximum atomic E-state index is 12.7. The normalized spacial score (nSPS) is 21.0. The predicted molar refractivity (Wildman–Crippen MR) is 143 cm³/mol. The zero-order chi connectivity index (χ0) is 25.4. The summed E-state index contributed by atoms with van der Waals surface area (Å²) in [6, 6.07) is 0. The van der Waals surface area contributed by atoms with E-state index in [4.69, 9.17) is 4.74 Å². The van der Waals surface area contributed by atoms with Crippen LogP contribution in [0, 0.1) is 17.8 Å². The molecule has 1 saturated carbocycles. The van der Waals surface area contributed by atoms with Gasteiger partial charge in [-0.2, -0.15) is 0 Å². The van der Waals surface area contributed by atoms with Gasteiger partial charge in [0.25, 0.3) is 0 Å². The van der Waals surface area contributed by atoms with Crippen LogP contribution in [0.15, 0.2) is 0 Å². The van der Waals surface area contributed by atoms with E-state index >= 15 is 0 Å². The maximum Gasteiger partial charge on any atom is 0.362 e. The van der Waals surface area contributed by atoms with Crippen molar-refractivity contribution in [2.24, 2.45) is 17.8 Å². The van der Waals surface area contributed by atoms with Crippen LogP contribution in [-0.2, 0) is 14.3 Å². The Labute approximate surface area is 211 Å². The summed E-state index contributed by atoms with van der Waals surface area (Å²) in [5.41, 5.74) is 0. The van der Waals surface area contributed by atoms with Gasteiger partial charge in [-0.15, -0.1) is 0 Å². The number of likely N-dealkylation sites (N-methyl/N-ethyl adjacent to an activating group) is 1. The number of esters is 1. The summed E-state index contributed by atoms with van der Waals surface area (Å²) in [6.07, 6.45) is 16.4. The molecule has 3 unspecified atom stereocenters. The molecule has 0 spiro atoms. The summed E-state index contributed by atoms with van der Waals surface area (Å²) in [5.74, 6) is 1.75. The molecule has 1 aliphatic carbocycles. The minimum atomic E-state index is -0.0795. The minimum absolute atomic E-state index is 0.0663. The van der Waals surface area contributed by atoms with E-state index in [0.29, 0.717) is 41.7 Å². The molecule has 200 valence electrons. The molecule has 1 rings (SSSR count). The number of hydrogen-bond donors (Lipinski definition) is 1. The number of rotatable bonds is 18. The Morgan fingerprint density at radius 1 is 0.941 bits per heavy atom. The number of amides is 1. The first kappa shape index (κ1) is 30.9.